The Kier molecular flexibility index (Phi) is 6.88. The average molecular weight is 433 g/mol. The zero-order valence-electron chi connectivity index (χ0n) is 17.0. The second-order valence-corrected chi connectivity index (χ2v) is 7.49. The molecule has 0 aliphatic carbocycles. The lowest BCUT2D eigenvalue weighted by Crippen LogP contribution is -2.34. The van der Waals surface area contributed by atoms with Crippen LogP contribution in [0, 0.1) is 5.41 Å². The average Bonchev–Trinajstić information content (AvgIpc) is 2.97. The highest BCUT2D eigenvalue weighted by Gasteiger charge is 2.47. The molecule has 1 aromatic heterocycles. The number of aryl methyl sites for hydroxylation is 1. The first-order chi connectivity index (χ1) is 13.5. The van der Waals surface area contributed by atoms with Gasteiger partial charge in [-0.3, -0.25) is 4.57 Å². The molecule has 0 unspecified atom stereocenters. The summed E-state index contributed by atoms with van der Waals surface area (Å²) in [5.41, 5.74) is -0.981. The quantitative estimate of drug-likeness (QED) is 0.549. The number of aromatic nitrogens is 2. The Balaban J connectivity index is 2.51. The molecule has 29 heavy (non-hydrogen) atoms. The topological polar surface area (TPSA) is 53.3 Å². The van der Waals surface area contributed by atoms with E-state index in [0.29, 0.717) is 29.2 Å². The fraction of sp³-hybridized carbons (Fsp3) is 0.500. The van der Waals surface area contributed by atoms with Crippen molar-refractivity contribution < 1.29 is 27.4 Å². The maximum Gasteiger partial charge on any atom is 0.394 e. The predicted octanol–water partition coefficient (Wildman–Crippen LogP) is 5.40. The van der Waals surface area contributed by atoms with Gasteiger partial charge in [0.1, 0.15) is 16.7 Å². The molecule has 0 aliphatic rings. The molecule has 5 nitrogen and oxygen atoms in total. The number of esters is 1. The third-order valence-corrected chi connectivity index (χ3v) is 4.95. The Labute approximate surface area is 172 Å². The van der Waals surface area contributed by atoms with E-state index in [1.54, 1.807) is 29.7 Å². The van der Waals surface area contributed by atoms with Crippen LogP contribution >= 0.6 is 11.6 Å². The minimum absolute atomic E-state index is 0.00776. The highest BCUT2D eigenvalue weighted by atomic mass is 35.5. The molecule has 0 spiro atoms. The molecule has 2 aromatic rings. The summed E-state index contributed by atoms with van der Waals surface area (Å²) >= 11 is 6.39. The predicted molar refractivity (Wildman–Crippen MR) is 104 cm³/mol. The van der Waals surface area contributed by atoms with Crippen LogP contribution in [0.3, 0.4) is 0 Å². The van der Waals surface area contributed by atoms with E-state index in [-0.39, 0.29) is 23.9 Å². The molecule has 0 radical (unpaired) electrons. The molecule has 0 aliphatic heterocycles. The van der Waals surface area contributed by atoms with E-state index in [4.69, 9.17) is 21.1 Å². The number of rotatable bonds is 7. The van der Waals surface area contributed by atoms with Crippen molar-refractivity contribution in [2.75, 3.05) is 13.7 Å². The second-order valence-electron chi connectivity index (χ2n) is 7.13. The number of alkyl halides is 3. The fourth-order valence-electron chi connectivity index (χ4n) is 2.87. The molecule has 160 valence electrons. The van der Waals surface area contributed by atoms with Crippen LogP contribution in [0.4, 0.5) is 13.2 Å². The number of carbonyl (C=O) groups is 1. The lowest BCUT2D eigenvalue weighted by atomic mass is 9.84. The maximum absolute atomic E-state index is 13.3. The number of imidazole rings is 1. The van der Waals surface area contributed by atoms with Gasteiger partial charge in [0.25, 0.3) is 0 Å². The van der Waals surface area contributed by atoms with Gasteiger partial charge in [0.05, 0.1) is 24.8 Å². The number of nitrogens with zero attached hydrogens (tertiary/aromatic N) is 2. The van der Waals surface area contributed by atoms with Gasteiger partial charge in [0.2, 0.25) is 0 Å². The Morgan fingerprint density at radius 1 is 1.24 bits per heavy atom. The first-order valence-electron chi connectivity index (χ1n) is 9.15. The molecular formula is C20H24ClF3N2O3. The van der Waals surface area contributed by atoms with Crippen molar-refractivity contribution in [2.24, 2.45) is 5.41 Å². The van der Waals surface area contributed by atoms with Crippen LogP contribution in [0.15, 0.2) is 18.2 Å². The van der Waals surface area contributed by atoms with Gasteiger partial charge in [-0.1, -0.05) is 38.4 Å². The highest BCUT2D eigenvalue weighted by Crippen LogP contribution is 2.42. The van der Waals surface area contributed by atoms with Crippen LogP contribution in [0.2, 0.25) is 5.15 Å². The van der Waals surface area contributed by atoms with Crippen molar-refractivity contribution in [1.82, 2.24) is 9.55 Å². The van der Waals surface area contributed by atoms with E-state index in [2.05, 4.69) is 4.98 Å². The molecular weight excluding hydrogens is 409 g/mol. The second kappa shape index (κ2) is 8.65. The molecule has 0 amide bonds. The zero-order valence-corrected chi connectivity index (χ0v) is 17.7. The Morgan fingerprint density at radius 3 is 2.41 bits per heavy atom. The van der Waals surface area contributed by atoms with Gasteiger partial charge >= 0.3 is 12.1 Å². The third kappa shape index (κ3) is 4.69. The number of carbonyl (C=O) groups excluding carboxylic acids is 1. The lowest BCUT2D eigenvalue weighted by Gasteiger charge is -2.28. The molecule has 0 saturated carbocycles. The summed E-state index contributed by atoms with van der Waals surface area (Å²) in [6, 6.07) is 4.79. The highest BCUT2D eigenvalue weighted by molar-refractivity contribution is 6.32. The van der Waals surface area contributed by atoms with E-state index in [1.165, 1.54) is 7.11 Å². The number of methoxy groups -OCH3 is 1. The Bertz CT molecular complexity index is 892. The van der Waals surface area contributed by atoms with Gasteiger partial charge in [-0.15, -0.1) is 0 Å². The SMILES string of the molecule is CCOC(=O)c1nc(CC)n(-c2ccc(CC(C)(C)C(F)(F)F)c(OC)c2)c1Cl. The number of halogens is 4. The summed E-state index contributed by atoms with van der Waals surface area (Å²) in [7, 11) is 1.39. The minimum atomic E-state index is -4.35. The first-order valence-corrected chi connectivity index (χ1v) is 9.52. The summed E-state index contributed by atoms with van der Waals surface area (Å²) < 4.78 is 51.7. The number of benzene rings is 1. The maximum atomic E-state index is 13.3. The number of hydrogen-bond donors (Lipinski definition) is 0. The summed E-state index contributed by atoms with van der Waals surface area (Å²) in [6.07, 6.45) is -4.12. The van der Waals surface area contributed by atoms with Crippen LogP contribution in [-0.2, 0) is 17.6 Å². The molecule has 0 N–H and O–H groups in total. The largest absolute Gasteiger partial charge is 0.496 e. The van der Waals surface area contributed by atoms with Crippen molar-refractivity contribution in [2.45, 2.75) is 46.7 Å². The summed E-state index contributed by atoms with van der Waals surface area (Å²) in [5.74, 6) is 0.175. The van der Waals surface area contributed by atoms with Crippen LogP contribution in [0.25, 0.3) is 5.69 Å². The fourth-order valence-corrected chi connectivity index (χ4v) is 3.18. The van der Waals surface area contributed by atoms with Crippen molar-refractivity contribution in [3.05, 3.63) is 40.4 Å². The van der Waals surface area contributed by atoms with E-state index in [0.717, 1.165) is 13.8 Å². The lowest BCUT2D eigenvalue weighted by molar-refractivity contribution is -0.211. The Morgan fingerprint density at radius 2 is 1.90 bits per heavy atom. The van der Waals surface area contributed by atoms with Crippen LogP contribution in [-0.4, -0.2) is 35.4 Å². The van der Waals surface area contributed by atoms with E-state index >= 15 is 0 Å². The summed E-state index contributed by atoms with van der Waals surface area (Å²) in [6.45, 7) is 6.00. The van der Waals surface area contributed by atoms with Gasteiger partial charge in [0.15, 0.2) is 5.69 Å². The standard InChI is InChI=1S/C20H24ClF3N2O3/c1-6-15-25-16(18(27)29-7-2)17(21)26(15)13-9-8-12(14(10-13)28-5)11-19(3,4)20(22,23)24/h8-10H,6-7,11H2,1-5H3. The van der Waals surface area contributed by atoms with Crippen LogP contribution < -0.4 is 4.74 Å². The van der Waals surface area contributed by atoms with Crippen molar-refractivity contribution >= 4 is 17.6 Å². The molecule has 2 rings (SSSR count). The third-order valence-electron chi connectivity index (χ3n) is 4.60. The minimum Gasteiger partial charge on any atom is -0.496 e. The van der Waals surface area contributed by atoms with Crippen molar-refractivity contribution in [3.63, 3.8) is 0 Å². The van der Waals surface area contributed by atoms with Gasteiger partial charge in [-0.05, 0) is 25.0 Å². The molecule has 0 atom stereocenters. The van der Waals surface area contributed by atoms with E-state index in [9.17, 15) is 18.0 Å². The van der Waals surface area contributed by atoms with Gasteiger partial charge < -0.3 is 9.47 Å². The Hall–Kier alpha value is -2.22. The molecule has 1 aromatic carbocycles. The van der Waals surface area contributed by atoms with E-state index in [1.807, 2.05) is 6.92 Å². The normalized spacial score (nSPS) is 12.2. The number of hydrogen-bond acceptors (Lipinski definition) is 4. The molecule has 0 saturated heterocycles. The molecule has 0 bridgehead atoms. The summed E-state index contributed by atoms with van der Waals surface area (Å²) in [4.78, 5) is 16.4. The summed E-state index contributed by atoms with van der Waals surface area (Å²) in [5, 5.41) is 0.0747. The van der Waals surface area contributed by atoms with Crippen molar-refractivity contribution in [1.29, 1.82) is 0 Å². The first kappa shape index (κ1) is 23.1. The number of ether oxygens (including phenoxy) is 2. The van der Waals surface area contributed by atoms with Crippen LogP contribution in [0.1, 0.15) is 49.6 Å². The van der Waals surface area contributed by atoms with Crippen molar-refractivity contribution in [3.8, 4) is 11.4 Å². The molecule has 0 fully saturated rings. The van der Waals surface area contributed by atoms with E-state index < -0.39 is 17.6 Å². The monoisotopic (exact) mass is 432 g/mol. The van der Waals surface area contributed by atoms with Gasteiger partial charge in [-0.2, -0.15) is 13.2 Å². The smallest absolute Gasteiger partial charge is 0.394 e. The van der Waals surface area contributed by atoms with Gasteiger partial charge in [0, 0.05) is 12.5 Å². The molecule has 1 heterocycles. The zero-order chi connectivity index (χ0) is 22.0. The molecule has 9 heteroatoms. The van der Waals surface area contributed by atoms with Crippen LogP contribution in [0.5, 0.6) is 5.75 Å². The van der Waals surface area contributed by atoms with Gasteiger partial charge in [-0.25, -0.2) is 9.78 Å².